The van der Waals surface area contributed by atoms with Crippen LogP contribution in [0.15, 0.2) is 36.4 Å². The first-order valence-electron chi connectivity index (χ1n) is 6.43. The number of aromatic nitrogens is 2. The Morgan fingerprint density at radius 3 is 2.67 bits per heavy atom. The average Bonchev–Trinajstić information content (AvgIpc) is 2.77. The minimum absolute atomic E-state index is 0.416. The van der Waals surface area contributed by atoms with Crippen molar-refractivity contribution in [1.29, 1.82) is 0 Å². The Morgan fingerprint density at radius 1 is 1.28 bits per heavy atom. The van der Waals surface area contributed by atoms with Crippen LogP contribution < -0.4 is 0 Å². The fourth-order valence-electron chi connectivity index (χ4n) is 2.18. The summed E-state index contributed by atoms with van der Waals surface area (Å²) in [5, 5.41) is 4.48. The molecule has 0 aliphatic carbocycles. The normalized spacial score (nSPS) is 12.6. The molecule has 0 aliphatic heterocycles. The summed E-state index contributed by atoms with van der Waals surface area (Å²) >= 11 is 3.77. The fraction of sp³-hybridized carbons (Fsp3) is 0.400. The molecule has 1 heterocycles. The standard InChI is InChI=1S/C15H19BrN2/c1-3-18-14(11-12(2)17-18)9-10-15(16)13-7-5-4-6-8-13/h4-8,11,15H,3,9-10H2,1-2H3. The van der Waals surface area contributed by atoms with Gasteiger partial charge in [0.15, 0.2) is 0 Å². The molecule has 0 saturated heterocycles. The Morgan fingerprint density at radius 2 is 2.00 bits per heavy atom. The Hall–Kier alpha value is -1.09. The van der Waals surface area contributed by atoms with Crippen LogP contribution in [0.3, 0.4) is 0 Å². The summed E-state index contributed by atoms with van der Waals surface area (Å²) in [5.74, 6) is 0. The van der Waals surface area contributed by atoms with Gasteiger partial charge in [0, 0.05) is 17.1 Å². The summed E-state index contributed by atoms with van der Waals surface area (Å²) in [7, 11) is 0. The molecule has 0 amide bonds. The van der Waals surface area contributed by atoms with Crippen LogP contribution in [0.25, 0.3) is 0 Å². The molecule has 2 rings (SSSR count). The Kier molecular flexibility index (Phi) is 4.59. The van der Waals surface area contributed by atoms with E-state index in [1.54, 1.807) is 0 Å². The van der Waals surface area contributed by atoms with E-state index in [-0.39, 0.29) is 0 Å². The van der Waals surface area contributed by atoms with Gasteiger partial charge in [0.25, 0.3) is 0 Å². The van der Waals surface area contributed by atoms with Gasteiger partial charge in [-0.25, -0.2) is 0 Å². The zero-order valence-electron chi connectivity index (χ0n) is 10.9. The lowest BCUT2D eigenvalue weighted by Gasteiger charge is -2.10. The number of nitrogens with zero attached hydrogens (tertiary/aromatic N) is 2. The summed E-state index contributed by atoms with van der Waals surface area (Å²) < 4.78 is 2.10. The van der Waals surface area contributed by atoms with Crippen molar-refractivity contribution in [3.05, 3.63) is 53.3 Å². The summed E-state index contributed by atoms with van der Waals surface area (Å²) in [6.07, 6.45) is 2.15. The van der Waals surface area contributed by atoms with Gasteiger partial charge in [0.05, 0.1) is 5.69 Å². The second kappa shape index (κ2) is 6.19. The smallest absolute Gasteiger partial charge is 0.0596 e. The van der Waals surface area contributed by atoms with E-state index in [4.69, 9.17) is 0 Å². The van der Waals surface area contributed by atoms with Crippen LogP contribution >= 0.6 is 15.9 Å². The van der Waals surface area contributed by atoms with E-state index in [2.05, 4.69) is 76.0 Å². The minimum Gasteiger partial charge on any atom is -0.270 e. The molecule has 3 heteroatoms. The van der Waals surface area contributed by atoms with Gasteiger partial charge in [-0.15, -0.1) is 0 Å². The number of aryl methyl sites for hydroxylation is 3. The van der Waals surface area contributed by atoms with Crippen molar-refractivity contribution < 1.29 is 0 Å². The van der Waals surface area contributed by atoms with Crippen molar-refractivity contribution in [2.45, 2.75) is 38.1 Å². The molecule has 18 heavy (non-hydrogen) atoms. The van der Waals surface area contributed by atoms with E-state index >= 15 is 0 Å². The highest BCUT2D eigenvalue weighted by Gasteiger charge is 2.10. The zero-order valence-corrected chi connectivity index (χ0v) is 12.5. The van der Waals surface area contributed by atoms with Gasteiger partial charge in [-0.1, -0.05) is 46.3 Å². The molecule has 96 valence electrons. The Labute approximate surface area is 117 Å². The molecule has 0 N–H and O–H groups in total. The molecule has 2 aromatic rings. The molecule has 2 nitrogen and oxygen atoms in total. The molecule has 1 aromatic heterocycles. The van der Waals surface area contributed by atoms with Gasteiger partial charge in [-0.3, -0.25) is 4.68 Å². The van der Waals surface area contributed by atoms with Crippen molar-refractivity contribution >= 4 is 15.9 Å². The highest BCUT2D eigenvalue weighted by Crippen LogP contribution is 2.27. The zero-order chi connectivity index (χ0) is 13.0. The van der Waals surface area contributed by atoms with Crippen molar-refractivity contribution in [2.24, 2.45) is 0 Å². The van der Waals surface area contributed by atoms with Crippen LogP contribution in [-0.2, 0) is 13.0 Å². The maximum absolute atomic E-state index is 4.48. The van der Waals surface area contributed by atoms with Crippen molar-refractivity contribution in [3.63, 3.8) is 0 Å². The molecular weight excluding hydrogens is 288 g/mol. The van der Waals surface area contributed by atoms with Crippen LogP contribution in [0, 0.1) is 6.92 Å². The number of alkyl halides is 1. The van der Waals surface area contributed by atoms with Gasteiger partial charge in [0.1, 0.15) is 0 Å². The SMILES string of the molecule is CCn1nc(C)cc1CCC(Br)c1ccccc1. The summed E-state index contributed by atoms with van der Waals surface area (Å²) in [5.41, 5.74) is 3.78. The number of rotatable bonds is 5. The molecule has 0 fully saturated rings. The van der Waals surface area contributed by atoms with Crippen LogP contribution in [0.5, 0.6) is 0 Å². The molecule has 0 saturated carbocycles. The van der Waals surface area contributed by atoms with Gasteiger partial charge in [-0.2, -0.15) is 5.10 Å². The fourth-order valence-corrected chi connectivity index (χ4v) is 2.71. The Bertz CT molecular complexity index is 490. The molecule has 1 atom stereocenters. The van der Waals surface area contributed by atoms with Crippen molar-refractivity contribution in [1.82, 2.24) is 9.78 Å². The monoisotopic (exact) mass is 306 g/mol. The molecular formula is C15H19BrN2. The maximum atomic E-state index is 4.48. The van der Waals surface area contributed by atoms with Crippen LogP contribution in [0.2, 0.25) is 0 Å². The highest BCUT2D eigenvalue weighted by molar-refractivity contribution is 9.09. The molecule has 0 radical (unpaired) electrons. The number of benzene rings is 1. The molecule has 0 bridgehead atoms. The van der Waals surface area contributed by atoms with E-state index in [1.165, 1.54) is 11.3 Å². The number of halogens is 1. The van der Waals surface area contributed by atoms with E-state index in [1.807, 2.05) is 0 Å². The average molecular weight is 307 g/mol. The van der Waals surface area contributed by atoms with Crippen LogP contribution in [0.4, 0.5) is 0 Å². The van der Waals surface area contributed by atoms with E-state index in [0.717, 1.165) is 25.1 Å². The third-order valence-electron chi connectivity index (χ3n) is 3.10. The van der Waals surface area contributed by atoms with E-state index < -0.39 is 0 Å². The summed E-state index contributed by atoms with van der Waals surface area (Å²) in [6.45, 7) is 5.14. The second-order valence-electron chi connectivity index (χ2n) is 4.51. The lowest BCUT2D eigenvalue weighted by Crippen LogP contribution is -2.04. The molecule has 0 aliphatic rings. The third kappa shape index (κ3) is 3.22. The van der Waals surface area contributed by atoms with Gasteiger partial charge in [-0.05, 0) is 38.3 Å². The predicted octanol–water partition coefficient (Wildman–Crippen LogP) is 4.28. The molecule has 1 unspecified atom stereocenters. The first kappa shape index (κ1) is 13.3. The predicted molar refractivity (Wildman–Crippen MR) is 79.1 cm³/mol. The maximum Gasteiger partial charge on any atom is 0.0596 e. The third-order valence-corrected chi connectivity index (χ3v) is 4.09. The summed E-state index contributed by atoms with van der Waals surface area (Å²) in [6, 6.07) is 12.8. The second-order valence-corrected chi connectivity index (χ2v) is 5.62. The quantitative estimate of drug-likeness (QED) is 0.754. The van der Waals surface area contributed by atoms with Crippen molar-refractivity contribution in [3.8, 4) is 0 Å². The van der Waals surface area contributed by atoms with Gasteiger partial charge in [0.2, 0.25) is 0 Å². The lowest BCUT2D eigenvalue weighted by molar-refractivity contribution is 0.605. The Balaban J connectivity index is 1.99. The number of hydrogen-bond acceptors (Lipinski definition) is 1. The molecule has 1 aromatic carbocycles. The lowest BCUT2D eigenvalue weighted by atomic mass is 10.1. The first-order valence-corrected chi connectivity index (χ1v) is 7.34. The van der Waals surface area contributed by atoms with E-state index in [0.29, 0.717) is 4.83 Å². The first-order chi connectivity index (χ1) is 8.70. The number of hydrogen-bond donors (Lipinski definition) is 0. The molecule has 0 spiro atoms. The largest absolute Gasteiger partial charge is 0.270 e. The van der Waals surface area contributed by atoms with Crippen LogP contribution in [0.1, 0.15) is 35.1 Å². The van der Waals surface area contributed by atoms with E-state index in [9.17, 15) is 0 Å². The van der Waals surface area contributed by atoms with Crippen molar-refractivity contribution in [2.75, 3.05) is 0 Å². The topological polar surface area (TPSA) is 17.8 Å². The van der Waals surface area contributed by atoms with Gasteiger partial charge >= 0.3 is 0 Å². The van der Waals surface area contributed by atoms with Gasteiger partial charge < -0.3 is 0 Å². The minimum atomic E-state index is 0.416. The van der Waals surface area contributed by atoms with Crippen LogP contribution in [-0.4, -0.2) is 9.78 Å². The summed E-state index contributed by atoms with van der Waals surface area (Å²) in [4.78, 5) is 0.416. The highest BCUT2D eigenvalue weighted by atomic mass is 79.9.